The van der Waals surface area contributed by atoms with E-state index in [2.05, 4.69) is 4.98 Å². The monoisotopic (exact) mass is 341 g/mol. The number of nitrogens with zero attached hydrogens (tertiary/aromatic N) is 1. The molecular formula is C10H7Cl2FNO3PS. The number of aromatic nitrogens is 1. The van der Waals surface area contributed by atoms with Crippen molar-refractivity contribution in [1.29, 1.82) is 0 Å². The van der Waals surface area contributed by atoms with Gasteiger partial charge >= 0.3 is 7.60 Å². The van der Waals surface area contributed by atoms with Gasteiger partial charge in [0.1, 0.15) is 5.01 Å². The summed E-state index contributed by atoms with van der Waals surface area (Å²) in [6, 6.07) is 4.75. The van der Waals surface area contributed by atoms with Crippen LogP contribution in [0.4, 0.5) is 4.39 Å². The van der Waals surface area contributed by atoms with E-state index in [-0.39, 0.29) is 5.01 Å². The molecule has 102 valence electrons. The molecule has 0 aliphatic rings. The van der Waals surface area contributed by atoms with E-state index in [9.17, 15) is 8.96 Å². The third-order valence-corrected chi connectivity index (χ3v) is 4.87. The Bertz CT molecular complexity index is 660. The van der Waals surface area contributed by atoms with E-state index in [0.29, 0.717) is 21.3 Å². The fourth-order valence-corrected chi connectivity index (χ4v) is 3.25. The molecule has 2 N–H and O–H groups in total. The average Bonchev–Trinajstić information content (AvgIpc) is 2.79. The Hall–Kier alpha value is -0.490. The molecule has 1 heterocycles. The van der Waals surface area contributed by atoms with Crippen molar-refractivity contribution < 1.29 is 18.7 Å². The topological polar surface area (TPSA) is 70.4 Å². The lowest BCUT2D eigenvalue weighted by Gasteiger charge is -2.06. The molecule has 0 saturated carbocycles. The first-order chi connectivity index (χ1) is 8.79. The summed E-state index contributed by atoms with van der Waals surface area (Å²) in [6.07, 6.45) is 0. The van der Waals surface area contributed by atoms with Gasteiger partial charge < -0.3 is 9.79 Å². The molecule has 0 spiro atoms. The summed E-state index contributed by atoms with van der Waals surface area (Å²) in [4.78, 5) is 21.4. The zero-order valence-corrected chi connectivity index (χ0v) is 12.3. The normalized spacial score (nSPS) is 13.5. The number of hydrogen-bond donors (Lipinski definition) is 2. The van der Waals surface area contributed by atoms with Crippen molar-refractivity contribution in [2.75, 3.05) is 0 Å². The van der Waals surface area contributed by atoms with Crippen LogP contribution >= 0.6 is 42.1 Å². The second-order valence-corrected chi connectivity index (χ2v) is 6.96. The Labute approximate surface area is 122 Å². The van der Waals surface area contributed by atoms with Gasteiger partial charge in [0.2, 0.25) is 0 Å². The van der Waals surface area contributed by atoms with Crippen LogP contribution in [0, 0.1) is 0 Å². The first-order valence-electron chi connectivity index (χ1n) is 4.89. The van der Waals surface area contributed by atoms with E-state index in [1.165, 1.54) is 5.38 Å². The summed E-state index contributed by atoms with van der Waals surface area (Å²) < 4.78 is 24.3. The van der Waals surface area contributed by atoms with Gasteiger partial charge in [-0.3, -0.25) is 4.57 Å². The van der Waals surface area contributed by atoms with Crippen molar-refractivity contribution >= 4 is 42.1 Å². The van der Waals surface area contributed by atoms with E-state index >= 15 is 0 Å². The van der Waals surface area contributed by atoms with Crippen molar-refractivity contribution in [2.24, 2.45) is 0 Å². The van der Waals surface area contributed by atoms with Crippen LogP contribution in [0.15, 0.2) is 23.6 Å². The van der Waals surface area contributed by atoms with Crippen LogP contribution < -0.4 is 0 Å². The van der Waals surface area contributed by atoms with Crippen LogP contribution in [0.1, 0.15) is 10.9 Å². The smallest absolute Gasteiger partial charge is 0.322 e. The van der Waals surface area contributed by atoms with E-state index in [1.54, 1.807) is 18.2 Å². The maximum atomic E-state index is 13.5. The molecule has 0 radical (unpaired) electrons. The van der Waals surface area contributed by atoms with Crippen LogP contribution in [0.5, 0.6) is 0 Å². The van der Waals surface area contributed by atoms with Gasteiger partial charge in [0.05, 0.1) is 15.7 Å². The molecule has 0 fully saturated rings. The third-order valence-electron chi connectivity index (χ3n) is 2.24. The summed E-state index contributed by atoms with van der Waals surface area (Å²) >= 11 is 12.5. The molecule has 2 rings (SSSR count). The number of benzene rings is 1. The largest absolute Gasteiger partial charge is 0.366 e. The van der Waals surface area contributed by atoms with Gasteiger partial charge in [-0.25, -0.2) is 9.37 Å². The number of alkyl halides is 1. The van der Waals surface area contributed by atoms with E-state index in [1.807, 2.05) is 0 Å². The maximum absolute atomic E-state index is 13.5. The van der Waals surface area contributed by atoms with Crippen LogP contribution in [0.2, 0.25) is 10.0 Å². The molecule has 1 atom stereocenters. The lowest BCUT2D eigenvalue weighted by Crippen LogP contribution is -1.92. The number of hydrogen-bond acceptors (Lipinski definition) is 3. The molecule has 0 amide bonds. The summed E-state index contributed by atoms with van der Waals surface area (Å²) in [5.41, 5.74) is 0.976. The number of rotatable bonds is 3. The molecule has 1 aromatic heterocycles. The quantitative estimate of drug-likeness (QED) is 0.818. The zero-order chi connectivity index (χ0) is 14.2. The van der Waals surface area contributed by atoms with Crippen LogP contribution in [0.3, 0.4) is 0 Å². The molecule has 9 heteroatoms. The first-order valence-corrected chi connectivity index (χ1v) is 8.21. The van der Waals surface area contributed by atoms with Crippen LogP contribution in [0.25, 0.3) is 11.3 Å². The van der Waals surface area contributed by atoms with Gasteiger partial charge in [0, 0.05) is 10.9 Å². The molecule has 0 bridgehead atoms. The minimum absolute atomic E-state index is 0.269. The van der Waals surface area contributed by atoms with Crippen molar-refractivity contribution in [3.8, 4) is 11.3 Å². The van der Waals surface area contributed by atoms with E-state index < -0.39 is 13.5 Å². The fraction of sp³-hybridized carbons (Fsp3) is 0.100. The van der Waals surface area contributed by atoms with Gasteiger partial charge in [0.25, 0.3) is 5.91 Å². The Balaban J connectivity index is 2.36. The van der Waals surface area contributed by atoms with Crippen LogP contribution in [-0.4, -0.2) is 14.8 Å². The molecular weight excluding hydrogens is 335 g/mol. The van der Waals surface area contributed by atoms with Crippen molar-refractivity contribution in [3.05, 3.63) is 38.6 Å². The summed E-state index contributed by atoms with van der Waals surface area (Å²) in [5.74, 6) is -2.41. The minimum Gasteiger partial charge on any atom is -0.322 e. The molecule has 1 aromatic carbocycles. The fourth-order valence-electron chi connectivity index (χ4n) is 1.33. The Morgan fingerprint density at radius 3 is 2.58 bits per heavy atom. The average molecular weight is 342 g/mol. The predicted octanol–water partition coefficient (Wildman–Crippen LogP) is 4.26. The van der Waals surface area contributed by atoms with Gasteiger partial charge in [0.15, 0.2) is 0 Å². The second kappa shape index (κ2) is 5.48. The molecule has 0 aliphatic carbocycles. The second-order valence-electron chi connectivity index (χ2n) is 3.62. The summed E-state index contributed by atoms with van der Waals surface area (Å²) in [5, 5.41) is 1.92. The Kier molecular flexibility index (Phi) is 4.30. The zero-order valence-electron chi connectivity index (χ0n) is 9.13. The van der Waals surface area contributed by atoms with E-state index in [0.717, 1.165) is 11.3 Å². The lowest BCUT2D eigenvalue weighted by molar-refractivity contribution is 0.303. The number of halogens is 3. The summed E-state index contributed by atoms with van der Waals surface area (Å²) in [7, 11) is -4.84. The Morgan fingerprint density at radius 1 is 1.32 bits per heavy atom. The highest BCUT2D eigenvalue weighted by molar-refractivity contribution is 7.52. The summed E-state index contributed by atoms with van der Waals surface area (Å²) in [6.45, 7) is 0. The van der Waals surface area contributed by atoms with Crippen molar-refractivity contribution in [2.45, 2.75) is 5.91 Å². The number of thiazole rings is 1. The standard InChI is InChI=1S/C10H7Cl2FNO3PS/c11-6-2-1-5(3-7(6)12)8-4-19-10(14-8)9(13)18(15,16)17/h1-4,9H,(H2,15,16,17). The van der Waals surface area contributed by atoms with Crippen LogP contribution in [-0.2, 0) is 4.57 Å². The molecule has 4 nitrogen and oxygen atoms in total. The highest BCUT2D eigenvalue weighted by Gasteiger charge is 2.33. The molecule has 0 aliphatic heterocycles. The molecule has 2 aromatic rings. The van der Waals surface area contributed by atoms with Gasteiger partial charge in [-0.15, -0.1) is 11.3 Å². The van der Waals surface area contributed by atoms with E-state index in [4.69, 9.17) is 33.0 Å². The third kappa shape index (κ3) is 3.34. The molecule has 0 saturated heterocycles. The predicted molar refractivity (Wildman–Crippen MR) is 73.5 cm³/mol. The van der Waals surface area contributed by atoms with Gasteiger partial charge in [-0.2, -0.15) is 0 Å². The van der Waals surface area contributed by atoms with Crippen molar-refractivity contribution in [3.63, 3.8) is 0 Å². The minimum atomic E-state index is -4.84. The highest BCUT2D eigenvalue weighted by Crippen LogP contribution is 2.53. The lowest BCUT2D eigenvalue weighted by atomic mass is 10.2. The first kappa shape index (κ1) is 14.9. The Morgan fingerprint density at radius 2 is 2.00 bits per heavy atom. The van der Waals surface area contributed by atoms with Crippen molar-refractivity contribution in [1.82, 2.24) is 4.98 Å². The molecule has 19 heavy (non-hydrogen) atoms. The van der Waals surface area contributed by atoms with Gasteiger partial charge in [-0.05, 0) is 12.1 Å². The SMILES string of the molecule is O=P(O)(O)C(F)c1nc(-c2ccc(Cl)c(Cl)c2)cs1. The molecule has 1 unspecified atom stereocenters. The maximum Gasteiger partial charge on any atom is 0.366 e. The van der Waals surface area contributed by atoms with Gasteiger partial charge in [-0.1, -0.05) is 29.3 Å². The highest BCUT2D eigenvalue weighted by atomic mass is 35.5.